The molecule has 1 unspecified atom stereocenters. The highest BCUT2D eigenvalue weighted by molar-refractivity contribution is 9.09. The molecule has 0 saturated carbocycles. The van der Waals surface area contributed by atoms with Crippen LogP contribution in [0.25, 0.3) is 0 Å². The van der Waals surface area contributed by atoms with Crippen molar-refractivity contribution < 1.29 is 18.3 Å². The zero-order chi connectivity index (χ0) is 14.5. The number of ether oxygens (including phenoxy) is 1. The first-order valence-corrected chi connectivity index (χ1v) is 7.70. The second kappa shape index (κ2) is 7.02. The molecule has 0 spiro atoms. The molecule has 1 fully saturated rings. The van der Waals surface area contributed by atoms with Crippen LogP contribution in [0.2, 0.25) is 0 Å². The molecule has 0 aliphatic carbocycles. The zero-order valence-corrected chi connectivity index (χ0v) is 12.5. The molecule has 0 N–H and O–H groups in total. The molecule has 1 amide bonds. The van der Waals surface area contributed by atoms with Crippen LogP contribution in [0.1, 0.15) is 30.9 Å². The van der Waals surface area contributed by atoms with Gasteiger partial charge in [-0.25, -0.2) is 13.6 Å². The summed E-state index contributed by atoms with van der Waals surface area (Å²) >= 11 is 3.36. The Hall–Kier alpha value is -1.17. The number of amides is 1. The van der Waals surface area contributed by atoms with E-state index in [0.717, 1.165) is 36.7 Å². The lowest BCUT2D eigenvalue weighted by atomic mass is 10.1. The van der Waals surface area contributed by atoms with Crippen LogP contribution >= 0.6 is 15.9 Å². The number of cyclic esters (lactones) is 1. The van der Waals surface area contributed by atoms with Crippen LogP contribution in [0, 0.1) is 11.6 Å². The first kappa shape index (κ1) is 15.2. The van der Waals surface area contributed by atoms with Gasteiger partial charge < -0.3 is 4.74 Å². The van der Waals surface area contributed by atoms with Gasteiger partial charge in [0.2, 0.25) is 0 Å². The largest absolute Gasteiger partial charge is 0.447 e. The number of hydrogen-bond acceptors (Lipinski definition) is 2. The monoisotopic (exact) mass is 347 g/mol. The smallest absolute Gasteiger partial charge is 0.410 e. The fourth-order valence-electron chi connectivity index (χ4n) is 2.25. The fraction of sp³-hybridized carbons (Fsp3) is 0.500. The summed E-state index contributed by atoms with van der Waals surface area (Å²) in [7, 11) is 0. The Morgan fingerprint density at radius 1 is 1.25 bits per heavy atom. The summed E-state index contributed by atoms with van der Waals surface area (Å²) in [5.41, 5.74) is 0.565. The van der Waals surface area contributed by atoms with Crippen molar-refractivity contribution in [3.8, 4) is 0 Å². The minimum atomic E-state index is -0.902. The van der Waals surface area contributed by atoms with Gasteiger partial charge in [-0.05, 0) is 30.5 Å². The van der Waals surface area contributed by atoms with E-state index in [2.05, 4.69) is 15.9 Å². The van der Waals surface area contributed by atoms with Crippen molar-refractivity contribution in [3.05, 3.63) is 35.4 Å². The van der Waals surface area contributed by atoms with Gasteiger partial charge in [0.15, 0.2) is 11.6 Å². The highest BCUT2D eigenvalue weighted by Crippen LogP contribution is 2.29. The zero-order valence-electron chi connectivity index (χ0n) is 10.9. The average molecular weight is 348 g/mol. The van der Waals surface area contributed by atoms with Crippen LogP contribution < -0.4 is 0 Å². The van der Waals surface area contributed by atoms with Crippen LogP contribution in [0.4, 0.5) is 13.6 Å². The van der Waals surface area contributed by atoms with Crippen molar-refractivity contribution >= 4 is 22.0 Å². The standard InChI is InChI=1S/C14H16BrF2NO2/c15-6-2-1-3-7-18-13(9-20-14(18)19)10-4-5-11(16)12(17)8-10/h4-5,8,13H,1-3,6-7,9H2. The molecule has 1 aliphatic rings. The molecule has 1 atom stereocenters. The molecular weight excluding hydrogens is 332 g/mol. The number of hydrogen-bond donors (Lipinski definition) is 0. The molecule has 0 radical (unpaired) electrons. The molecule has 1 aromatic carbocycles. The van der Waals surface area contributed by atoms with Crippen LogP contribution in [-0.2, 0) is 4.74 Å². The molecule has 1 heterocycles. The Morgan fingerprint density at radius 3 is 2.75 bits per heavy atom. The first-order valence-electron chi connectivity index (χ1n) is 6.58. The van der Waals surface area contributed by atoms with E-state index >= 15 is 0 Å². The van der Waals surface area contributed by atoms with Gasteiger partial charge in [0.25, 0.3) is 0 Å². The maximum absolute atomic E-state index is 13.3. The topological polar surface area (TPSA) is 29.5 Å². The van der Waals surface area contributed by atoms with E-state index in [9.17, 15) is 13.6 Å². The lowest BCUT2D eigenvalue weighted by Crippen LogP contribution is -2.28. The van der Waals surface area contributed by atoms with Gasteiger partial charge in [-0.1, -0.05) is 28.4 Å². The van der Waals surface area contributed by atoms with E-state index in [1.54, 1.807) is 4.90 Å². The molecule has 1 saturated heterocycles. The number of halogens is 3. The molecule has 110 valence electrons. The van der Waals surface area contributed by atoms with E-state index in [-0.39, 0.29) is 12.6 Å². The predicted molar refractivity (Wildman–Crippen MR) is 74.8 cm³/mol. The Balaban J connectivity index is 2.05. The summed E-state index contributed by atoms with van der Waals surface area (Å²) in [6.45, 7) is 0.748. The van der Waals surface area contributed by atoms with Gasteiger partial charge in [-0.3, -0.25) is 4.90 Å². The van der Waals surface area contributed by atoms with Gasteiger partial charge in [0, 0.05) is 11.9 Å². The molecule has 0 bridgehead atoms. The molecule has 0 aromatic heterocycles. The maximum Gasteiger partial charge on any atom is 0.410 e. The van der Waals surface area contributed by atoms with Gasteiger partial charge in [-0.15, -0.1) is 0 Å². The fourth-order valence-corrected chi connectivity index (χ4v) is 2.64. The third-order valence-corrected chi connectivity index (χ3v) is 3.90. The summed E-state index contributed by atoms with van der Waals surface area (Å²) in [5.74, 6) is -1.79. The minimum absolute atomic E-state index is 0.183. The number of unbranched alkanes of at least 4 members (excludes halogenated alkanes) is 2. The van der Waals surface area contributed by atoms with Crippen molar-refractivity contribution in [1.82, 2.24) is 4.90 Å². The number of carbonyl (C=O) groups is 1. The molecular formula is C14H16BrF2NO2. The number of nitrogens with zero attached hydrogens (tertiary/aromatic N) is 1. The van der Waals surface area contributed by atoms with Gasteiger partial charge in [-0.2, -0.15) is 0 Å². The number of carbonyl (C=O) groups excluding carboxylic acids is 1. The highest BCUT2D eigenvalue weighted by atomic mass is 79.9. The lowest BCUT2D eigenvalue weighted by Gasteiger charge is -2.21. The number of alkyl halides is 1. The van der Waals surface area contributed by atoms with Crippen molar-refractivity contribution in [2.75, 3.05) is 18.5 Å². The summed E-state index contributed by atoms with van der Waals surface area (Å²) in [4.78, 5) is 13.3. The minimum Gasteiger partial charge on any atom is -0.447 e. The Morgan fingerprint density at radius 2 is 2.05 bits per heavy atom. The van der Waals surface area contributed by atoms with Gasteiger partial charge >= 0.3 is 6.09 Å². The van der Waals surface area contributed by atoms with Crippen LogP contribution in [-0.4, -0.2) is 29.5 Å². The molecule has 3 nitrogen and oxygen atoms in total. The molecule has 1 aliphatic heterocycles. The number of rotatable bonds is 6. The van der Waals surface area contributed by atoms with Crippen LogP contribution in [0.5, 0.6) is 0 Å². The van der Waals surface area contributed by atoms with E-state index in [4.69, 9.17) is 4.74 Å². The molecule has 6 heteroatoms. The van der Waals surface area contributed by atoms with E-state index in [1.807, 2.05) is 0 Å². The summed E-state index contributed by atoms with van der Waals surface area (Å²) in [5, 5.41) is 0.935. The third-order valence-electron chi connectivity index (χ3n) is 3.34. The van der Waals surface area contributed by atoms with Crippen molar-refractivity contribution in [1.29, 1.82) is 0 Å². The quantitative estimate of drug-likeness (QED) is 0.574. The van der Waals surface area contributed by atoms with Crippen molar-refractivity contribution in [2.45, 2.75) is 25.3 Å². The Labute approximate surface area is 125 Å². The van der Waals surface area contributed by atoms with Gasteiger partial charge in [0.05, 0.1) is 6.04 Å². The van der Waals surface area contributed by atoms with E-state index in [0.29, 0.717) is 12.1 Å². The predicted octanol–water partition coefficient (Wildman–Crippen LogP) is 4.02. The number of benzene rings is 1. The maximum atomic E-state index is 13.3. The summed E-state index contributed by atoms with van der Waals surface area (Å²) in [6, 6.07) is 3.38. The second-order valence-corrected chi connectivity index (χ2v) is 5.50. The average Bonchev–Trinajstić information content (AvgIpc) is 2.79. The van der Waals surface area contributed by atoms with Gasteiger partial charge in [0.1, 0.15) is 6.61 Å². The van der Waals surface area contributed by atoms with E-state index in [1.165, 1.54) is 6.07 Å². The van der Waals surface area contributed by atoms with Crippen molar-refractivity contribution in [3.63, 3.8) is 0 Å². The van der Waals surface area contributed by atoms with Crippen LogP contribution in [0.15, 0.2) is 18.2 Å². The molecule has 1 aromatic rings. The Kier molecular flexibility index (Phi) is 5.34. The SMILES string of the molecule is O=C1OCC(c2ccc(F)c(F)c2)N1CCCCCBr. The normalized spacial score (nSPS) is 18.4. The lowest BCUT2D eigenvalue weighted by molar-refractivity contribution is 0.157. The van der Waals surface area contributed by atoms with E-state index < -0.39 is 17.7 Å². The van der Waals surface area contributed by atoms with Crippen LogP contribution in [0.3, 0.4) is 0 Å². The Bertz CT molecular complexity index is 484. The first-order chi connectivity index (χ1) is 9.63. The van der Waals surface area contributed by atoms with Crippen molar-refractivity contribution in [2.24, 2.45) is 0 Å². The highest BCUT2D eigenvalue weighted by Gasteiger charge is 2.33. The molecule has 20 heavy (non-hydrogen) atoms. The summed E-state index contributed by atoms with van der Waals surface area (Å²) < 4.78 is 31.3. The molecule has 2 rings (SSSR count). The second-order valence-electron chi connectivity index (χ2n) is 4.71. The summed E-state index contributed by atoms with van der Waals surface area (Å²) in [6.07, 6.45) is 2.51. The third kappa shape index (κ3) is 3.48.